The minimum absolute atomic E-state index is 0.00183. The van der Waals surface area contributed by atoms with E-state index < -0.39 is 0 Å². The van der Waals surface area contributed by atoms with Crippen LogP contribution in [0.5, 0.6) is 0 Å². The Balaban J connectivity index is 1.42. The Morgan fingerprint density at radius 1 is 1.16 bits per heavy atom. The molecule has 3 heterocycles. The topological polar surface area (TPSA) is 91.7 Å². The molecule has 1 aromatic carbocycles. The van der Waals surface area contributed by atoms with Gasteiger partial charge in [0.05, 0.1) is 15.7 Å². The molecule has 0 bridgehead atoms. The third-order valence-electron chi connectivity index (χ3n) is 6.89. The molecule has 32 heavy (non-hydrogen) atoms. The molecule has 2 aromatic heterocycles. The minimum Gasteiger partial charge on any atom is -0.341 e. The van der Waals surface area contributed by atoms with Gasteiger partial charge < -0.3 is 10.6 Å². The van der Waals surface area contributed by atoms with Gasteiger partial charge >= 0.3 is 0 Å². The predicted molar refractivity (Wildman–Crippen MR) is 126 cm³/mol. The van der Waals surface area contributed by atoms with Crippen molar-refractivity contribution in [2.24, 2.45) is 11.1 Å². The van der Waals surface area contributed by atoms with Crippen LogP contribution in [0.4, 0.5) is 5.95 Å². The lowest BCUT2D eigenvalue weighted by Gasteiger charge is -2.42. The molecule has 1 spiro atoms. The highest BCUT2D eigenvalue weighted by atomic mass is 35.5. The smallest absolute Gasteiger partial charge is 0.226 e. The molecular formula is C24H22Cl2N6. The molecule has 5 rings (SSSR count). The van der Waals surface area contributed by atoms with E-state index in [2.05, 4.69) is 27.0 Å². The summed E-state index contributed by atoms with van der Waals surface area (Å²) in [6.45, 7) is 3.44. The lowest BCUT2D eigenvalue weighted by atomic mass is 9.73. The van der Waals surface area contributed by atoms with Crippen LogP contribution in [-0.2, 0) is 6.42 Å². The van der Waals surface area contributed by atoms with Crippen LogP contribution in [-0.4, -0.2) is 28.0 Å². The second-order valence-electron chi connectivity index (χ2n) is 8.59. The molecule has 1 aliphatic carbocycles. The Hall–Kier alpha value is -2.72. The molecule has 0 amide bonds. The van der Waals surface area contributed by atoms with E-state index in [0.717, 1.165) is 38.0 Å². The van der Waals surface area contributed by atoms with Gasteiger partial charge in [0.15, 0.2) is 5.69 Å². The first-order valence-electron chi connectivity index (χ1n) is 10.6. The Morgan fingerprint density at radius 3 is 2.66 bits per heavy atom. The zero-order valence-corrected chi connectivity index (χ0v) is 19.2. The second-order valence-corrected chi connectivity index (χ2v) is 9.37. The van der Waals surface area contributed by atoms with Crippen LogP contribution in [0.15, 0.2) is 36.5 Å². The number of pyridine rings is 1. The zero-order chi connectivity index (χ0) is 22.5. The van der Waals surface area contributed by atoms with Crippen molar-refractivity contribution < 1.29 is 0 Å². The van der Waals surface area contributed by atoms with E-state index in [4.69, 9.17) is 33.9 Å². The number of piperidine rings is 1. The van der Waals surface area contributed by atoms with E-state index in [1.54, 1.807) is 12.1 Å². The number of hydrogen-bond acceptors (Lipinski definition) is 6. The highest BCUT2D eigenvalue weighted by Gasteiger charge is 2.46. The van der Waals surface area contributed by atoms with E-state index in [0.29, 0.717) is 38.5 Å². The van der Waals surface area contributed by atoms with Crippen molar-refractivity contribution in [1.82, 2.24) is 15.0 Å². The quantitative estimate of drug-likeness (QED) is 0.581. The van der Waals surface area contributed by atoms with Gasteiger partial charge in [-0.05, 0) is 49.3 Å². The summed E-state index contributed by atoms with van der Waals surface area (Å²) in [6, 6.07) is 11.6. The largest absolute Gasteiger partial charge is 0.341 e. The van der Waals surface area contributed by atoms with Gasteiger partial charge in [-0.15, -0.1) is 0 Å². The molecular weight excluding hydrogens is 443 g/mol. The molecule has 1 aliphatic heterocycles. The van der Waals surface area contributed by atoms with E-state index in [1.165, 1.54) is 5.56 Å². The first kappa shape index (κ1) is 21.1. The monoisotopic (exact) mass is 464 g/mol. The molecule has 1 atom stereocenters. The second kappa shape index (κ2) is 8.00. The standard InChI is InChI=1S/C24H22Cl2N6/c1-14-20(16-4-2-6-17(25)21(16)26)19(13-27)31-23(30-14)32-10-7-24(8-11-32)12-18-15(22(24)28)5-3-9-29-18/h2-6,9,22H,7-8,10-12,28H2,1H3/t22-/m1/s1. The number of halogens is 2. The first-order chi connectivity index (χ1) is 15.4. The first-order valence-corrected chi connectivity index (χ1v) is 11.4. The summed E-state index contributed by atoms with van der Waals surface area (Å²) in [5.74, 6) is 0.568. The number of benzene rings is 1. The molecule has 8 heteroatoms. The maximum Gasteiger partial charge on any atom is 0.226 e. The highest BCUT2D eigenvalue weighted by Crippen LogP contribution is 2.50. The number of nitrogens with zero attached hydrogens (tertiary/aromatic N) is 5. The number of anilines is 1. The molecule has 162 valence electrons. The Bertz CT molecular complexity index is 1240. The lowest BCUT2D eigenvalue weighted by Crippen LogP contribution is -2.45. The van der Waals surface area contributed by atoms with Gasteiger partial charge in [0, 0.05) is 42.1 Å². The van der Waals surface area contributed by atoms with E-state index in [9.17, 15) is 5.26 Å². The normalized spacial score (nSPS) is 19.1. The molecule has 2 N–H and O–H groups in total. The Kier molecular flexibility index (Phi) is 5.29. The number of hydrogen-bond donors (Lipinski definition) is 1. The number of nitrogens with two attached hydrogens (primary N) is 1. The third-order valence-corrected chi connectivity index (χ3v) is 7.71. The molecule has 3 aromatic rings. The van der Waals surface area contributed by atoms with Gasteiger partial charge in [-0.2, -0.15) is 5.26 Å². The summed E-state index contributed by atoms with van der Waals surface area (Å²) < 4.78 is 0. The van der Waals surface area contributed by atoms with Crippen molar-refractivity contribution in [3.05, 3.63) is 69.2 Å². The van der Waals surface area contributed by atoms with E-state index >= 15 is 0 Å². The van der Waals surface area contributed by atoms with Crippen molar-refractivity contribution in [1.29, 1.82) is 5.26 Å². The molecule has 0 radical (unpaired) electrons. The van der Waals surface area contributed by atoms with Gasteiger partial charge in [-0.1, -0.05) is 41.4 Å². The predicted octanol–water partition coefficient (Wildman–Crippen LogP) is 4.87. The fraction of sp³-hybridized carbons (Fsp3) is 0.333. The van der Waals surface area contributed by atoms with Crippen molar-refractivity contribution in [2.45, 2.75) is 32.2 Å². The maximum absolute atomic E-state index is 9.83. The average molecular weight is 465 g/mol. The van der Waals surface area contributed by atoms with Crippen LogP contribution < -0.4 is 10.6 Å². The zero-order valence-electron chi connectivity index (χ0n) is 17.6. The fourth-order valence-electron chi connectivity index (χ4n) is 5.09. The van der Waals surface area contributed by atoms with E-state index in [1.807, 2.05) is 25.3 Å². The van der Waals surface area contributed by atoms with Crippen LogP contribution in [0.3, 0.4) is 0 Å². The number of aromatic nitrogens is 3. The summed E-state index contributed by atoms with van der Waals surface area (Å²) in [5, 5.41) is 10.7. The SMILES string of the molecule is Cc1nc(N2CCC3(CC2)Cc2ncccc2[C@H]3N)nc(C#N)c1-c1cccc(Cl)c1Cl. The van der Waals surface area contributed by atoms with Crippen molar-refractivity contribution >= 4 is 29.2 Å². The number of fused-ring (bicyclic) bond motifs is 1. The molecule has 1 fully saturated rings. The number of nitriles is 1. The molecule has 6 nitrogen and oxygen atoms in total. The van der Waals surface area contributed by atoms with E-state index in [-0.39, 0.29) is 11.5 Å². The van der Waals surface area contributed by atoms with Crippen LogP contribution >= 0.6 is 23.2 Å². The van der Waals surface area contributed by atoms with Crippen LogP contribution in [0, 0.1) is 23.7 Å². The Morgan fingerprint density at radius 2 is 1.94 bits per heavy atom. The van der Waals surface area contributed by atoms with Gasteiger partial charge in [0.25, 0.3) is 0 Å². The number of rotatable bonds is 2. The highest BCUT2D eigenvalue weighted by molar-refractivity contribution is 6.43. The molecule has 0 unspecified atom stereocenters. The van der Waals surface area contributed by atoms with Crippen LogP contribution in [0.1, 0.15) is 41.5 Å². The minimum atomic E-state index is -0.00183. The Labute approximate surface area is 197 Å². The molecule has 0 saturated carbocycles. The summed E-state index contributed by atoms with van der Waals surface area (Å²) >= 11 is 12.6. The third kappa shape index (κ3) is 3.32. The van der Waals surface area contributed by atoms with Crippen molar-refractivity contribution in [2.75, 3.05) is 18.0 Å². The summed E-state index contributed by atoms with van der Waals surface area (Å²) in [6.07, 6.45) is 4.61. The summed E-state index contributed by atoms with van der Waals surface area (Å²) in [4.78, 5) is 16.0. The van der Waals surface area contributed by atoms with Gasteiger partial charge in [0.1, 0.15) is 6.07 Å². The van der Waals surface area contributed by atoms with Crippen LogP contribution in [0.25, 0.3) is 11.1 Å². The average Bonchev–Trinajstić information content (AvgIpc) is 3.07. The summed E-state index contributed by atoms with van der Waals surface area (Å²) in [5.41, 5.74) is 11.3. The van der Waals surface area contributed by atoms with Crippen molar-refractivity contribution in [3.8, 4) is 17.2 Å². The molecule has 1 saturated heterocycles. The fourth-order valence-corrected chi connectivity index (χ4v) is 5.49. The van der Waals surface area contributed by atoms with Crippen molar-refractivity contribution in [3.63, 3.8) is 0 Å². The lowest BCUT2D eigenvalue weighted by molar-refractivity contribution is 0.186. The molecule has 2 aliphatic rings. The van der Waals surface area contributed by atoms with Crippen LogP contribution in [0.2, 0.25) is 10.0 Å². The maximum atomic E-state index is 9.83. The van der Waals surface area contributed by atoms with Gasteiger partial charge in [-0.25, -0.2) is 9.97 Å². The van der Waals surface area contributed by atoms with Gasteiger partial charge in [0.2, 0.25) is 5.95 Å². The number of aryl methyl sites for hydroxylation is 1. The summed E-state index contributed by atoms with van der Waals surface area (Å²) in [7, 11) is 0. The van der Waals surface area contributed by atoms with Gasteiger partial charge in [-0.3, -0.25) is 4.98 Å².